The third kappa shape index (κ3) is 3.75. The van der Waals surface area contributed by atoms with Gasteiger partial charge in [0.15, 0.2) is 5.78 Å². The van der Waals surface area contributed by atoms with E-state index >= 15 is 0 Å². The van der Waals surface area contributed by atoms with E-state index in [-0.39, 0.29) is 17.9 Å². The molecule has 6 nitrogen and oxygen atoms in total. The van der Waals surface area contributed by atoms with Crippen molar-refractivity contribution < 1.29 is 9.59 Å². The molecule has 1 aliphatic heterocycles. The number of hydrogen-bond donors (Lipinski definition) is 2. The summed E-state index contributed by atoms with van der Waals surface area (Å²) in [5.41, 5.74) is 5.64. The molecule has 168 valence electrons. The van der Waals surface area contributed by atoms with Crippen LogP contribution in [0.25, 0.3) is 10.9 Å². The molecule has 1 fully saturated rings. The summed E-state index contributed by atoms with van der Waals surface area (Å²) in [6, 6.07) is 4.77. The molecule has 0 bridgehead atoms. The number of likely N-dealkylation sites (tertiary alicyclic amines) is 1. The predicted octanol–water partition coefficient (Wildman–Crippen LogP) is 4.22. The van der Waals surface area contributed by atoms with Crippen LogP contribution in [0.15, 0.2) is 12.1 Å². The number of Topliss-reactive ketones (excluding diaryl/α,β-unsaturated/α-hetero) is 1. The number of urea groups is 1. The predicted molar refractivity (Wildman–Crippen MR) is 125 cm³/mol. The fraction of sp³-hybridized carbons (Fsp3) is 0.600. The second-order valence-electron chi connectivity index (χ2n) is 9.16. The van der Waals surface area contributed by atoms with Crippen LogP contribution in [0, 0.1) is 6.92 Å². The largest absolute Gasteiger partial charge is 0.358 e. The van der Waals surface area contributed by atoms with E-state index in [9.17, 15) is 9.59 Å². The van der Waals surface area contributed by atoms with Gasteiger partial charge < -0.3 is 15.2 Å². The Hall–Kier alpha value is -2.34. The fourth-order valence-electron chi connectivity index (χ4n) is 5.83. The normalized spacial score (nSPS) is 22.9. The zero-order valence-corrected chi connectivity index (χ0v) is 19.5. The summed E-state index contributed by atoms with van der Waals surface area (Å²) in [5.74, 6) is 0.454. The van der Waals surface area contributed by atoms with E-state index in [0.29, 0.717) is 12.0 Å². The van der Waals surface area contributed by atoms with Crippen molar-refractivity contribution in [1.82, 2.24) is 20.1 Å². The maximum absolute atomic E-state index is 12.8. The Labute approximate surface area is 185 Å². The zero-order chi connectivity index (χ0) is 22.3. The van der Waals surface area contributed by atoms with Crippen LogP contribution >= 0.6 is 0 Å². The average Bonchev–Trinajstić information content (AvgIpc) is 3.06. The van der Waals surface area contributed by atoms with E-state index in [1.807, 2.05) is 24.8 Å². The number of rotatable bonds is 6. The number of nitrogens with zero attached hydrogens (tertiary/aromatic N) is 2. The number of benzene rings is 1. The van der Waals surface area contributed by atoms with Crippen LogP contribution in [0.5, 0.6) is 0 Å². The first-order chi connectivity index (χ1) is 14.9. The number of ketones is 1. The second kappa shape index (κ2) is 8.65. The molecule has 0 radical (unpaired) electrons. The Morgan fingerprint density at radius 3 is 2.61 bits per heavy atom. The Morgan fingerprint density at radius 2 is 1.97 bits per heavy atom. The SMILES string of the molecule is CCCN1C[C@@H](NC(=O)N(CC)CC)C[C@@H]2c3ccc(C(C)=O)c4[nH]c(C)c(c34)C[C@H]21. The molecule has 1 aromatic heterocycles. The molecule has 2 N–H and O–H groups in total. The Balaban J connectivity index is 1.72. The van der Waals surface area contributed by atoms with Crippen molar-refractivity contribution in [2.45, 2.75) is 71.9 Å². The molecule has 2 heterocycles. The zero-order valence-electron chi connectivity index (χ0n) is 19.5. The van der Waals surface area contributed by atoms with Crippen molar-refractivity contribution in [3.8, 4) is 0 Å². The minimum Gasteiger partial charge on any atom is -0.358 e. The minimum absolute atomic E-state index is 0.0379. The minimum atomic E-state index is 0.0379. The summed E-state index contributed by atoms with van der Waals surface area (Å²) < 4.78 is 0. The first-order valence-corrected chi connectivity index (χ1v) is 11.8. The molecule has 2 aromatic rings. The molecule has 2 aliphatic rings. The van der Waals surface area contributed by atoms with Gasteiger partial charge in [-0.05, 0) is 70.7 Å². The van der Waals surface area contributed by atoms with E-state index in [1.54, 1.807) is 6.92 Å². The Bertz CT molecular complexity index is 991. The van der Waals surface area contributed by atoms with Crippen molar-refractivity contribution in [1.29, 1.82) is 0 Å². The number of fused-ring (bicyclic) bond motifs is 2. The third-order valence-electron chi connectivity index (χ3n) is 7.31. The van der Waals surface area contributed by atoms with Gasteiger partial charge in [0.25, 0.3) is 0 Å². The quantitative estimate of drug-likeness (QED) is 0.682. The van der Waals surface area contributed by atoms with Gasteiger partial charge in [-0.2, -0.15) is 0 Å². The van der Waals surface area contributed by atoms with Crippen LogP contribution in [-0.4, -0.2) is 64.9 Å². The highest BCUT2D eigenvalue weighted by Gasteiger charge is 2.42. The summed E-state index contributed by atoms with van der Waals surface area (Å²) >= 11 is 0. The maximum Gasteiger partial charge on any atom is 0.317 e. The molecule has 1 aliphatic carbocycles. The average molecular weight is 425 g/mol. The number of aromatic nitrogens is 1. The molecule has 1 saturated heterocycles. The molecular formula is C25H36N4O2. The summed E-state index contributed by atoms with van der Waals surface area (Å²) in [7, 11) is 0. The smallest absolute Gasteiger partial charge is 0.317 e. The summed E-state index contributed by atoms with van der Waals surface area (Å²) in [5, 5.41) is 4.57. The summed E-state index contributed by atoms with van der Waals surface area (Å²) in [6.07, 6.45) is 3.04. The molecule has 3 atom stereocenters. The number of piperidine rings is 1. The van der Waals surface area contributed by atoms with Crippen LogP contribution < -0.4 is 5.32 Å². The van der Waals surface area contributed by atoms with Crippen molar-refractivity contribution in [2.75, 3.05) is 26.2 Å². The van der Waals surface area contributed by atoms with Crippen molar-refractivity contribution in [3.63, 3.8) is 0 Å². The Morgan fingerprint density at radius 1 is 1.23 bits per heavy atom. The number of carbonyl (C=O) groups is 2. The lowest BCUT2D eigenvalue weighted by Gasteiger charge is -2.47. The van der Waals surface area contributed by atoms with Crippen LogP contribution in [0.4, 0.5) is 4.79 Å². The summed E-state index contributed by atoms with van der Waals surface area (Å²) in [4.78, 5) is 33.0. The molecular weight excluding hydrogens is 388 g/mol. The number of H-pyrrole nitrogens is 1. The van der Waals surface area contributed by atoms with E-state index < -0.39 is 0 Å². The highest BCUT2D eigenvalue weighted by Crippen LogP contribution is 2.45. The van der Waals surface area contributed by atoms with Crippen molar-refractivity contribution >= 4 is 22.7 Å². The van der Waals surface area contributed by atoms with Gasteiger partial charge in [0.05, 0.1) is 5.52 Å². The highest BCUT2D eigenvalue weighted by atomic mass is 16.2. The molecule has 2 amide bonds. The molecule has 0 unspecified atom stereocenters. The third-order valence-corrected chi connectivity index (χ3v) is 7.31. The molecule has 6 heteroatoms. The van der Waals surface area contributed by atoms with Gasteiger partial charge in [-0.25, -0.2) is 4.79 Å². The monoisotopic (exact) mass is 424 g/mol. The van der Waals surface area contributed by atoms with Crippen LogP contribution in [0.3, 0.4) is 0 Å². The lowest BCUT2D eigenvalue weighted by Crippen LogP contribution is -2.57. The van der Waals surface area contributed by atoms with E-state index in [2.05, 4.69) is 35.1 Å². The lowest BCUT2D eigenvalue weighted by molar-refractivity contribution is 0.0977. The standard InChI is InChI=1S/C25H36N4O2/c1-6-11-29-14-17(27-25(31)28(7-2)8-3)12-21-19-10-9-18(16(5)30)24-23(19)20(13-22(21)29)15(4)26-24/h9-10,17,21-22,26H,6-8,11-14H2,1-5H3,(H,27,31)/t17-,21+,22+/m0/s1. The van der Waals surface area contributed by atoms with Crippen molar-refractivity contribution in [3.05, 3.63) is 34.5 Å². The molecule has 0 spiro atoms. The summed E-state index contributed by atoms with van der Waals surface area (Å²) in [6.45, 7) is 13.4. The first-order valence-electron chi connectivity index (χ1n) is 11.8. The molecule has 4 rings (SSSR count). The lowest BCUT2D eigenvalue weighted by atomic mass is 9.73. The van der Waals surface area contributed by atoms with E-state index in [4.69, 9.17) is 0 Å². The first kappa shape index (κ1) is 21.9. The number of carbonyl (C=O) groups excluding carboxylic acids is 2. The van der Waals surface area contributed by atoms with Gasteiger partial charge in [-0.3, -0.25) is 9.69 Å². The van der Waals surface area contributed by atoms with Gasteiger partial charge >= 0.3 is 6.03 Å². The van der Waals surface area contributed by atoms with Gasteiger partial charge in [0.1, 0.15) is 0 Å². The maximum atomic E-state index is 12.8. The van der Waals surface area contributed by atoms with E-state index in [1.165, 1.54) is 22.2 Å². The van der Waals surface area contributed by atoms with E-state index in [0.717, 1.165) is 56.5 Å². The van der Waals surface area contributed by atoms with Crippen LogP contribution in [0.2, 0.25) is 0 Å². The van der Waals surface area contributed by atoms with Crippen LogP contribution in [-0.2, 0) is 6.42 Å². The number of hydrogen-bond acceptors (Lipinski definition) is 3. The fourth-order valence-corrected chi connectivity index (χ4v) is 5.83. The highest BCUT2D eigenvalue weighted by molar-refractivity contribution is 6.08. The van der Waals surface area contributed by atoms with Gasteiger partial charge in [0, 0.05) is 54.3 Å². The molecule has 31 heavy (non-hydrogen) atoms. The van der Waals surface area contributed by atoms with Gasteiger partial charge in [0.2, 0.25) is 0 Å². The van der Waals surface area contributed by atoms with Gasteiger partial charge in [-0.1, -0.05) is 13.0 Å². The number of aryl methyl sites for hydroxylation is 1. The van der Waals surface area contributed by atoms with Crippen LogP contribution in [0.1, 0.15) is 73.6 Å². The van der Waals surface area contributed by atoms with Gasteiger partial charge in [-0.15, -0.1) is 0 Å². The number of amides is 2. The topological polar surface area (TPSA) is 68.4 Å². The second-order valence-corrected chi connectivity index (χ2v) is 9.16. The number of aromatic amines is 1. The molecule has 1 aromatic carbocycles. The van der Waals surface area contributed by atoms with Crippen molar-refractivity contribution in [2.24, 2.45) is 0 Å². The number of nitrogens with one attached hydrogen (secondary N) is 2. The molecule has 0 saturated carbocycles. The Kier molecular flexibility index (Phi) is 6.11.